The average Bonchev–Trinajstić information content (AvgIpc) is 2.54. The zero-order valence-electron chi connectivity index (χ0n) is 15.3. The number of amides is 2. The molecule has 0 radical (unpaired) electrons. The van der Waals surface area contributed by atoms with Crippen molar-refractivity contribution in [2.24, 2.45) is 11.3 Å². The third-order valence-corrected chi connectivity index (χ3v) is 4.66. The zero-order chi connectivity index (χ0) is 16.9. The first-order chi connectivity index (χ1) is 10.9. The normalized spacial score (nSPS) is 22.6. The summed E-state index contributed by atoms with van der Waals surface area (Å²) in [5, 5.41) is 6.39. The lowest BCUT2D eigenvalue weighted by atomic mass is 9.91. The number of hydrogen-bond donors (Lipinski definition) is 2. The highest BCUT2D eigenvalue weighted by molar-refractivity contribution is 5.85. The molecule has 2 aliphatic rings. The Balaban J connectivity index is 0.00000288. The van der Waals surface area contributed by atoms with E-state index in [0.717, 1.165) is 52.1 Å². The molecular formula is C17H33ClN4O2. The van der Waals surface area contributed by atoms with Crippen molar-refractivity contribution in [1.82, 2.24) is 20.4 Å². The van der Waals surface area contributed by atoms with E-state index in [1.165, 1.54) is 0 Å². The van der Waals surface area contributed by atoms with Gasteiger partial charge < -0.3 is 15.5 Å². The van der Waals surface area contributed by atoms with Gasteiger partial charge in [-0.2, -0.15) is 0 Å². The fourth-order valence-corrected chi connectivity index (χ4v) is 3.27. The first-order valence-corrected chi connectivity index (χ1v) is 8.88. The van der Waals surface area contributed by atoms with Gasteiger partial charge in [0.05, 0.1) is 5.92 Å². The van der Waals surface area contributed by atoms with E-state index in [1.54, 1.807) is 0 Å². The van der Waals surface area contributed by atoms with Gasteiger partial charge in [-0.3, -0.25) is 14.5 Å². The maximum atomic E-state index is 12.4. The molecule has 0 aromatic carbocycles. The number of piperazine rings is 1. The molecule has 2 heterocycles. The number of nitrogens with zero attached hydrogens (tertiary/aromatic N) is 2. The first kappa shape index (κ1) is 21.2. The molecule has 2 aliphatic heterocycles. The molecular weight excluding hydrogens is 328 g/mol. The standard InChI is InChI=1S/C17H32N4O2.ClH/c1-17(2,3)16(23)21-9-4-5-14(13-21)15(22)19-8-12-20-10-6-18-7-11-20;/h14,18H,4-13H2,1-3H3,(H,19,22);1H. The SMILES string of the molecule is CC(C)(C)C(=O)N1CCCC(C(=O)NCCN2CCNCC2)C1.Cl. The minimum absolute atomic E-state index is 0. The van der Waals surface area contributed by atoms with Gasteiger partial charge in [-0.25, -0.2) is 0 Å². The van der Waals surface area contributed by atoms with Crippen LogP contribution >= 0.6 is 12.4 Å². The van der Waals surface area contributed by atoms with Crippen LogP contribution in [0.25, 0.3) is 0 Å². The van der Waals surface area contributed by atoms with Gasteiger partial charge in [0.1, 0.15) is 0 Å². The highest BCUT2D eigenvalue weighted by atomic mass is 35.5. The Morgan fingerprint density at radius 1 is 1.17 bits per heavy atom. The van der Waals surface area contributed by atoms with E-state index >= 15 is 0 Å². The molecule has 2 rings (SSSR count). The van der Waals surface area contributed by atoms with Gasteiger partial charge >= 0.3 is 0 Å². The second-order valence-corrected chi connectivity index (χ2v) is 7.72. The Morgan fingerprint density at radius 3 is 2.46 bits per heavy atom. The lowest BCUT2D eigenvalue weighted by molar-refractivity contribution is -0.142. The molecule has 0 aromatic heterocycles. The number of rotatable bonds is 4. The summed E-state index contributed by atoms with van der Waals surface area (Å²) in [5.74, 6) is 0.195. The molecule has 6 nitrogen and oxygen atoms in total. The van der Waals surface area contributed by atoms with Gasteiger partial charge in [0.15, 0.2) is 0 Å². The molecule has 140 valence electrons. The van der Waals surface area contributed by atoms with Crippen LogP contribution < -0.4 is 10.6 Å². The molecule has 1 atom stereocenters. The van der Waals surface area contributed by atoms with Crippen LogP contribution in [0.3, 0.4) is 0 Å². The summed E-state index contributed by atoms with van der Waals surface area (Å²) in [4.78, 5) is 29.0. The van der Waals surface area contributed by atoms with Crippen LogP contribution in [0.4, 0.5) is 0 Å². The van der Waals surface area contributed by atoms with E-state index in [0.29, 0.717) is 13.1 Å². The van der Waals surface area contributed by atoms with Gasteiger partial charge in [-0.05, 0) is 12.8 Å². The average molecular weight is 361 g/mol. The molecule has 24 heavy (non-hydrogen) atoms. The smallest absolute Gasteiger partial charge is 0.227 e. The number of piperidine rings is 1. The number of carbonyl (C=O) groups excluding carboxylic acids is 2. The summed E-state index contributed by atoms with van der Waals surface area (Å²) < 4.78 is 0. The van der Waals surface area contributed by atoms with E-state index in [-0.39, 0.29) is 35.6 Å². The van der Waals surface area contributed by atoms with Crippen molar-refractivity contribution in [2.75, 3.05) is 52.4 Å². The van der Waals surface area contributed by atoms with Crippen molar-refractivity contribution in [3.05, 3.63) is 0 Å². The third kappa shape index (κ3) is 6.22. The maximum absolute atomic E-state index is 12.4. The van der Waals surface area contributed by atoms with Crippen LogP contribution in [0.1, 0.15) is 33.6 Å². The summed E-state index contributed by atoms with van der Waals surface area (Å²) in [5.41, 5.74) is -0.374. The van der Waals surface area contributed by atoms with Gasteiger partial charge in [0.25, 0.3) is 0 Å². The fraction of sp³-hybridized carbons (Fsp3) is 0.882. The summed E-state index contributed by atoms with van der Waals surface area (Å²) in [6, 6.07) is 0. The highest BCUT2D eigenvalue weighted by Crippen LogP contribution is 2.23. The molecule has 0 aromatic rings. The third-order valence-electron chi connectivity index (χ3n) is 4.66. The van der Waals surface area contributed by atoms with Crippen molar-refractivity contribution in [2.45, 2.75) is 33.6 Å². The van der Waals surface area contributed by atoms with Gasteiger partial charge in [0, 0.05) is 57.8 Å². The minimum atomic E-state index is -0.374. The van der Waals surface area contributed by atoms with Gasteiger partial charge in [-0.15, -0.1) is 12.4 Å². The van der Waals surface area contributed by atoms with Crippen molar-refractivity contribution < 1.29 is 9.59 Å². The summed E-state index contributed by atoms with van der Waals surface area (Å²) in [6.07, 6.45) is 1.80. The topological polar surface area (TPSA) is 64.7 Å². The largest absolute Gasteiger partial charge is 0.355 e. The Labute approximate surface area is 152 Å². The van der Waals surface area contributed by atoms with E-state index in [4.69, 9.17) is 0 Å². The molecule has 2 amide bonds. The Kier molecular flexibility index (Phi) is 8.46. The highest BCUT2D eigenvalue weighted by Gasteiger charge is 2.33. The van der Waals surface area contributed by atoms with Crippen molar-refractivity contribution in [3.63, 3.8) is 0 Å². The Morgan fingerprint density at radius 2 is 1.83 bits per heavy atom. The second kappa shape index (κ2) is 9.59. The summed E-state index contributed by atoms with van der Waals surface area (Å²) in [7, 11) is 0. The zero-order valence-corrected chi connectivity index (χ0v) is 16.1. The molecule has 2 fully saturated rings. The van der Waals surface area contributed by atoms with E-state index in [9.17, 15) is 9.59 Å². The lowest BCUT2D eigenvalue weighted by Crippen LogP contribution is -2.50. The van der Waals surface area contributed by atoms with Crippen molar-refractivity contribution in [3.8, 4) is 0 Å². The van der Waals surface area contributed by atoms with E-state index in [2.05, 4.69) is 15.5 Å². The molecule has 0 saturated carbocycles. The maximum Gasteiger partial charge on any atom is 0.227 e. The summed E-state index contributed by atoms with van der Waals surface area (Å²) >= 11 is 0. The molecule has 0 bridgehead atoms. The summed E-state index contributed by atoms with van der Waals surface area (Å²) in [6.45, 7) is 12.9. The van der Waals surface area contributed by atoms with Crippen LogP contribution in [0, 0.1) is 11.3 Å². The van der Waals surface area contributed by atoms with Crippen molar-refractivity contribution >= 4 is 24.2 Å². The Hall–Kier alpha value is -0.850. The van der Waals surface area contributed by atoms with E-state index < -0.39 is 0 Å². The molecule has 2 N–H and O–H groups in total. The molecule has 1 unspecified atom stereocenters. The van der Waals surface area contributed by atoms with Crippen LogP contribution in [0.2, 0.25) is 0 Å². The number of likely N-dealkylation sites (tertiary alicyclic amines) is 1. The predicted octanol–water partition coefficient (Wildman–Crippen LogP) is 0.714. The molecule has 2 saturated heterocycles. The Bertz CT molecular complexity index is 419. The lowest BCUT2D eigenvalue weighted by Gasteiger charge is -2.36. The second-order valence-electron chi connectivity index (χ2n) is 7.72. The van der Waals surface area contributed by atoms with Crippen LogP contribution in [0.5, 0.6) is 0 Å². The molecule has 0 aliphatic carbocycles. The number of carbonyl (C=O) groups is 2. The van der Waals surface area contributed by atoms with Gasteiger partial charge in [0.2, 0.25) is 11.8 Å². The first-order valence-electron chi connectivity index (χ1n) is 8.88. The quantitative estimate of drug-likeness (QED) is 0.775. The minimum Gasteiger partial charge on any atom is -0.355 e. The monoisotopic (exact) mass is 360 g/mol. The molecule has 7 heteroatoms. The number of hydrogen-bond acceptors (Lipinski definition) is 4. The van der Waals surface area contributed by atoms with Crippen molar-refractivity contribution in [1.29, 1.82) is 0 Å². The number of nitrogens with one attached hydrogen (secondary N) is 2. The fourth-order valence-electron chi connectivity index (χ4n) is 3.27. The predicted molar refractivity (Wildman–Crippen MR) is 98.3 cm³/mol. The van der Waals surface area contributed by atoms with Gasteiger partial charge in [-0.1, -0.05) is 20.8 Å². The molecule has 0 spiro atoms. The van der Waals surface area contributed by atoms with E-state index in [1.807, 2.05) is 25.7 Å². The number of halogens is 1. The van der Waals surface area contributed by atoms with Crippen LogP contribution in [-0.4, -0.2) is 74.0 Å². The van der Waals surface area contributed by atoms with Crippen LogP contribution in [-0.2, 0) is 9.59 Å². The van der Waals surface area contributed by atoms with Crippen LogP contribution in [0.15, 0.2) is 0 Å².